The number of hydrogen-bond acceptors (Lipinski definition) is 5. The Balaban J connectivity index is 1.58. The normalized spacial score (nSPS) is 32.1. The zero-order valence-corrected chi connectivity index (χ0v) is 17.9. The first-order valence-electron chi connectivity index (χ1n) is 10.5. The van der Waals surface area contributed by atoms with Gasteiger partial charge in [-0.3, -0.25) is 14.5 Å². The zero-order valence-electron chi connectivity index (χ0n) is 17.9. The van der Waals surface area contributed by atoms with Crippen LogP contribution in [0.15, 0.2) is 30.3 Å². The zero-order chi connectivity index (χ0) is 21.7. The molecule has 162 valence electrons. The Bertz CT molecular complexity index is 858. The number of benzene rings is 1. The number of ether oxygens (including phenoxy) is 2. The summed E-state index contributed by atoms with van der Waals surface area (Å²) in [6, 6.07) is 8.44. The van der Waals surface area contributed by atoms with Crippen molar-refractivity contribution in [3.8, 4) is 0 Å². The largest absolute Gasteiger partial charge is 0.444 e. The number of amides is 3. The highest BCUT2D eigenvalue weighted by molar-refractivity contribution is 5.99. The van der Waals surface area contributed by atoms with E-state index in [-0.39, 0.29) is 24.5 Å². The molecule has 8 heteroatoms. The maximum atomic E-state index is 13.7. The molecule has 0 saturated carbocycles. The Morgan fingerprint density at radius 1 is 1.20 bits per heavy atom. The third kappa shape index (κ3) is 3.14. The Kier molecular flexibility index (Phi) is 5.00. The maximum Gasteiger partial charge on any atom is 0.413 e. The highest BCUT2D eigenvalue weighted by Crippen LogP contribution is 2.41. The van der Waals surface area contributed by atoms with Crippen LogP contribution in [0.2, 0.25) is 0 Å². The number of hydrogen-bond donors (Lipinski definition) is 1. The van der Waals surface area contributed by atoms with Gasteiger partial charge in [-0.2, -0.15) is 0 Å². The molecule has 30 heavy (non-hydrogen) atoms. The molecule has 4 rings (SSSR count). The van der Waals surface area contributed by atoms with Gasteiger partial charge in [-0.25, -0.2) is 4.79 Å². The van der Waals surface area contributed by atoms with E-state index in [4.69, 9.17) is 9.47 Å². The van der Waals surface area contributed by atoms with Gasteiger partial charge in [0.15, 0.2) is 0 Å². The summed E-state index contributed by atoms with van der Waals surface area (Å²) in [6.45, 7) is 7.78. The van der Waals surface area contributed by atoms with Crippen molar-refractivity contribution in [2.45, 2.75) is 76.6 Å². The molecule has 3 heterocycles. The average Bonchev–Trinajstić information content (AvgIpc) is 3.19. The smallest absolute Gasteiger partial charge is 0.413 e. The Morgan fingerprint density at radius 3 is 2.50 bits per heavy atom. The van der Waals surface area contributed by atoms with Crippen LogP contribution in [-0.2, 0) is 25.7 Å². The van der Waals surface area contributed by atoms with Crippen LogP contribution in [0, 0.1) is 0 Å². The molecule has 0 aromatic heterocycles. The minimum absolute atomic E-state index is 0.0818. The number of nitrogens with one attached hydrogen (secondary N) is 1. The molecule has 0 radical (unpaired) electrons. The molecule has 3 amide bonds. The standard InChI is InChI=1S/C22H29N3O5/c1-14-10-11-22(13-23-19(22)27)24(14)18(26)17-15(2)30-21(3,4)25(17)20(28)29-12-16-8-6-5-7-9-16/h5-9,14-15,17H,10-13H2,1-4H3,(H,23,27)/t14?,15-,17+,22?/m1/s1. The number of carbonyl (C=O) groups is 3. The molecule has 1 aromatic rings. The molecule has 2 unspecified atom stereocenters. The Labute approximate surface area is 176 Å². The number of nitrogens with zero attached hydrogens (tertiary/aromatic N) is 2. The van der Waals surface area contributed by atoms with Gasteiger partial charge in [0.25, 0.3) is 0 Å². The second-order valence-corrected chi connectivity index (χ2v) is 8.93. The molecule has 4 atom stereocenters. The number of β-lactam (4-membered cyclic amide) rings is 1. The topological polar surface area (TPSA) is 88.2 Å². The quantitative estimate of drug-likeness (QED) is 0.763. The molecular weight excluding hydrogens is 386 g/mol. The summed E-state index contributed by atoms with van der Waals surface area (Å²) < 4.78 is 11.5. The van der Waals surface area contributed by atoms with Crippen molar-refractivity contribution >= 4 is 17.9 Å². The van der Waals surface area contributed by atoms with Crippen LogP contribution in [0.3, 0.4) is 0 Å². The third-order valence-corrected chi connectivity index (χ3v) is 6.51. The van der Waals surface area contributed by atoms with E-state index >= 15 is 0 Å². The summed E-state index contributed by atoms with van der Waals surface area (Å²) in [5.41, 5.74) is -0.952. The average molecular weight is 415 g/mol. The summed E-state index contributed by atoms with van der Waals surface area (Å²) in [7, 11) is 0. The van der Waals surface area contributed by atoms with Crippen molar-refractivity contribution in [1.29, 1.82) is 0 Å². The van der Waals surface area contributed by atoms with E-state index in [0.29, 0.717) is 13.0 Å². The first kappa shape index (κ1) is 20.7. The van der Waals surface area contributed by atoms with Crippen molar-refractivity contribution in [3.63, 3.8) is 0 Å². The van der Waals surface area contributed by atoms with Gasteiger partial charge in [0, 0.05) is 6.04 Å². The van der Waals surface area contributed by atoms with Crippen LogP contribution >= 0.6 is 0 Å². The summed E-state index contributed by atoms with van der Waals surface area (Å²) in [5, 5.41) is 2.77. The highest BCUT2D eigenvalue weighted by atomic mass is 16.6. The molecule has 0 bridgehead atoms. The number of likely N-dealkylation sites (tertiary alicyclic amines) is 1. The lowest BCUT2D eigenvalue weighted by atomic mass is 9.87. The summed E-state index contributed by atoms with van der Waals surface area (Å²) in [6.07, 6.45) is 0.258. The molecule has 3 saturated heterocycles. The SMILES string of the molecule is CC1CCC2(CNC2=O)N1C(=O)[C@@H]1[C@@H](C)OC(C)(C)N1C(=O)OCc1ccccc1. The van der Waals surface area contributed by atoms with Gasteiger partial charge >= 0.3 is 6.09 Å². The van der Waals surface area contributed by atoms with Crippen LogP contribution in [0.4, 0.5) is 4.79 Å². The van der Waals surface area contributed by atoms with Gasteiger partial charge in [0.05, 0.1) is 12.6 Å². The molecule has 1 N–H and O–H groups in total. The van der Waals surface area contributed by atoms with Crippen LogP contribution < -0.4 is 5.32 Å². The fraction of sp³-hybridized carbons (Fsp3) is 0.591. The van der Waals surface area contributed by atoms with Crippen LogP contribution in [0.1, 0.15) is 46.1 Å². The van der Waals surface area contributed by atoms with E-state index in [1.54, 1.807) is 25.7 Å². The first-order valence-corrected chi connectivity index (χ1v) is 10.5. The Hall–Kier alpha value is -2.61. The predicted molar refractivity (Wildman–Crippen MR) is 108 cm³/mol. The fourth-order valence-electron chi connectivity index (χ4n) is 5.01. The van der Waals surface area contributed by atoms with Crippen LogP contribution in [0.25, 0.3) is 0 Å². The van der Waals surface area contributed by atoms with Crippen LogP contribution in [-0.4, -0.2) is 63.7 Å². The van der Waals surface area contributed by atoms with E-state index < -0.39 is 29.5 Å². The van der Waals surface area contributed by atoms with Gasteiger partial charge in [-0.15, -0.1) is 0 Å². The van der Waals surface area contributed by atoms with Crippen molar-refractivity contribution in [1.82, 2.24) is 15.1 Å². The van der Waals surface area contributed by atoms with Gasteiger partial charge in [-0.05, 0) is 46.1 Å². The molecule has 8 nitrogen and oxygen atoms in total. The molecule has 3 fully saturated rings. The van der Waals surface area contributed by atoms with Crippen molar-refractivity contribution < 1.29 is 23.9 Å². The molecule has 1 aromatic carbocycles. The van der Waals surface area contributed by atoms with Gasteiger partial charge < -0.3 is 19.7 Å². The lowest BCUT2D eigenvalue weighted by molar-refractivity contribution is -0.157. The van der Waals surface area contributed by atoms with Crippen molar-refractivity contribution in [2.24, 2.45) is 0 Å². The fourth-order valence-corrected chi connectivity index (χ4v) is 5.01. The number of carbonyl (C=O) groups excluding carboxylic acids is 3. The summed E-state index contributed by atoms with van der Waals surface area (Å²) in [4.78, 5) is 42.2. The van der Waals surface area contributed by atoms with E-state index in [9.17, 15) is 14.4 Å². The molecule has 3 aliphatic rings. The molecule has 0 aliphatic carbocycles. The highest BCUT2D eigenvalue weighted by Gasteiger charge is 2.62. The second kappa shape index (κ2) is 7.27. The second-order valence-electron chi connectivity index (χ2n) is 8.93. The van der Waals surface area contributed by atoms with Crippen molar-refractivity contribution in [2.75, 3.05) is 6.54 Å². The minimum atomic E-state index is -1.01. The molecular formula is C22H29N3O5. The predicted octanol–water partition coefficient (Wildman–Crippen LogP) is 2.03. The maximum absolute atomic E-state index is 13.7. The summed E-state index contributed by atoms with van der Waals surface area (Å²) >= 11 is 0. The molecule has 3 aliphatic heterocycles. The number of rotatable bonds is 3. The lowest BCUT2D eigenvalue weighted by Crippen LogP contribution is -2.74. The monoisotopic (exact) mass is 415 g/mol. The van der Waals surface area contributed by atoms with Gasteiger partial charge in [0.1, 0.15) is 23.9 Å². The van der Waals surface area contributed by atoms with Gasteiger partial charge in [-0.1, -0.05) is 30.3 Å². The van der Waals surface area contributed by atoms with Gasteiger partial charge in [0.2, 0.25) is 11.8 Å². The third-order valence-electron chi connectivity index (χ3n) is 6.51. The first-order chi connectivity index (χ1) is 14.2. The van der Waals surface area contributed by atoms with E-state index in [1.807, 2.05) is 37.3 Å². The van der Waals surface area contributed by atoms with E-state index in [2.05, 4.69) is 5.32 Å². The Morgan fingerprint density at radius 2 is 1.90 bits per heavy atom. The van der Waals surface area contributed by atoms with Crippen LogP contribution in [0.5, 0.6) is 0 Å². The van der Waals surface area contributed by atoms with E-state index in [1.165, 1.54) is 4.90 Å². The molecule has 1 spiro atoms. The van der Waals surface area contributed by atoms with E-state index in [0.717, 1.165) is 12.0 Å². The lowest BCUT2D eigenvalue weighted by Gasteiger charge is -2.47. The summed E-state index contributed by atoms with van der Waals surface area (Å²) in [5.74, 6) is -0.381. The van der Waals surface area contributed by atoms with Crippen molar-refractivity contribution in [3.05, 3.63) is 35.9 Å². The minimum Gasteiger partial charge on any atom is -0.444 e.